The molecule has 0 saturated carbocycles. The average molecular weight is 268 g/mol. The Morgan fingerprint density at radius 3 is 2.26 bits per heavy atom. The van der Waals surface area contributed by atoms with Crippen molar-refractivity contribution in [2.24, 2.45) is 5.92 Å². The summed E-state index contributed by atoms with van der Waals surface area (Å²) < 4.78 is 5.14. The quantitative estimate of drug-likeness (QED) is 0.274. The molecule has 0 aromatic carbocycles. The van der Waals surface area contributed by atoms with Crippen LogP contribution in [0.5, 0.6) is 0 Å². The maximum Gasteiger partial charge on any atom is 0.308 e. The third-order valence-corrected chi connectivity index (χ3v) is 3.48. The van der Waals surface area contributed by atoms with Gasteiger partial charge in [0.2, 0.25) is 0 Å². The molecule has 2 nitrogen and oxygen atoms in total. The highest BCUT2D eigenvalue weighted by atomic mass is 16.5. The summed E-state index contributed by atoms with van der Waals surface area (Å²) in [6.45, 7) is 6.59. The van der Waals surface area contributed by atoms with Gasteiger partial charge in [0, 0.05) is 0 Å². The molecule has 0 fully saturated rings. The van der Waals surface area contributed by atoms with Gasteiger partial charge < -0.3 is 4.74 Å². The van der Waals surface area contributed by atoms with Gasteiger partial charge in [-0.3, -0.25) is 4.79 Å². The molecule has 0 radical (unpaired) electrons. The highest BCUT2D eigenvalue weighted by Crippen LogP contribution is 2.08. The zero-order valence-corrected chi connectivity index (χ0v) is 13.1. The van der Waals surface area contributed by atoms with E-state index in [0.717, 1.165) is 12.8 Å². The molecular weight excluding hydrogens is 236 g/mol. The van der Waals surface area contributed by atoms with Crippen LogP contribution in [-0.2, 0) is 9.53 Å². The predicted octanol–water partition coefficient (Wildman–Crippen LogP) is 5.27. The normalized spacial score (nSPS) is 12.8. The van der Waals surface area contributed by atoms with Crippen molar-refractivity contribution in [2.75, 3.05) is 6.61 Å². The summed E-state index contributed by atoms with van der Waals surface area (Å²) in [5, 5.41) is 0. The van der Waals surface area contributed by atoms with E-state index in [1.54, 1.807) is 0 Å². The molecule has 0 aliphatic carbocycles. The summed E-state index contributed by atoms with van der Waals surface area (Å²) in [6, 6.07) is 0. The molecule has 0 rings (SSSR count). The maximum atomic E-state index is 11.4. The molecule has 0 bridgehead atoms. The highest BCUT2D eigenvalue weighted by molar-refractivity contribution is 5.71. The Labute approximate surface area is 119 Å². The van der Waals surface area contributed by atoms with E-state index in [4.69, 9.17) is 4.74 Å². The Kier molecular flexibility index (Phi) is 13.1. The standard InChI is InChI=1S/C17H32O2/c1-4-6-7-8-9-10-11-12-13-14-15-19-17(18)16(3)5-2/h13-14,16H,4-12,15H2,1-3H3/b14-13+. The molecule has 1 atom stereocenters. The molecule has 0 amide bonds. The second-order valence-electron chi connectivity index (χ2n) is 5.32. The molecule has 0 aromatic rings. The number of hydrogen-bond acceptors (Lipinski definition) is 2. The van der Waals surface area contributed by atoms with Crippen molar-refractivity contribution in [3.8, 4) is 0 Å². The Morgan fingerprint density at radius 1 is 1.00 bits per heavy atom. The Bertz CT molecular complexity index is 233. The first-order valence-corrected chi connectivity index (χ1v) is 8.04. The minimum atomic E-state index is -0.0805. The van der Waals surface area contributed by atoms with Gasteiger partial charge in [0.15, 0.2) is 0 Å². The molecule has 0 aliphatic rings. The van der Waals surface area contributed by atoms with Crippen LogP contribution in [0.2, 0.25) is 0 Å². The van der Waals surface area contributed by atoms with Gasteiger partial charge in [-0.1, -0.05) is 71.4 Å². The number of esters is 1. The van der Waals surface area contributed by atoms with Crippen molar-refractivity contribution in [1.82, 2.24) is 0 Å². The van der Waals surface area contributed by atoms with Crippen molar-refractivity contribution in [2.45, 2.75) is 78.6 Å². The summed E-state index contributed by atoms with van der Waals surface area (Å²) in [7, 11) is 0. The van der Waals surface area contributed by atoms with E-state index >= 15 is 0 Å². The number of carbonyl (C=O) groups excluding carboxylic acids is 1. The van der Waals surface area contributed by atoms with Crippen LogP contribution in [0.15, 0.2) is 12.2 Å². The summed E-state index contributed by atoms with van der Waals surface area (Å²) in [5.74, 6) is -0.0559. The second-order valence-corrected chi connectivity index (χ2v) is 5.32. The van der Waals surface area contributed by atoms with Gasteiger partial charge in [0.1, 0.15) is 6.61 Å². The van der Waals surface area contributed by atoms with E-state index in [-0.39, 0.29) is 11.9 Å². The van der Waals surface area contributed by atoms with Crippen molar-refractivity contribution in [3.05, 3.63) is 12.2 Å². The summed E-state index contributed by atoms with van der Waals surface area (Å²) in [5.41, 5.74) is 0. The van der Waals surface area contributed by atoms with E-state index in [1.165, 1.54) is 44.9 Å². The zero-order valence-electron chi connectivity index (χ0n) is 13.1. The van der Waals surface area contributed by atoms with Crippen molar-refractivity contribution in [1.29, 1.82) is 0 Å². The van der Waals surface area contributed by atoms with Crippen LogP contribution in [0, 0.1) is 5.92 Å². The molecule has 0 heterocycles. The minimum Gasteiger partial charge on any atom is -0.461 e. The van der Waals surface area contributed by atoms with Gasteiger partial charge >= 0.3 is 5.97 Å². The van der Waals surface area contributed by atoms with Gasteiger partial charge in [0.05, 0.1) is 5.92 Å². The van der Waals surface area contributed by atoms with Crippen molar-refractivity contribution >= 4 is 5.97 Å². The van der Waals surface area contributed by atoms with E-state index in [1.807, 2.05) is 19.9 Å². The fourth-order valence-electron chi connectivity index (χ4n) is 1.84. The van der Waals surface area contributed by atoms with E-state index < -0.39 is 0 Å². The maximum absolute atomic E-state index is 11.4. The van der Waals surface area contributed by atoms with Crippen LogP contribution in [0.1, 0.15) is 78.6 Å². The summed E-state index contributed by atoms with van der Waals surface area (Å²) in [4.78, 5) is 11.4. The van der Waals surface area contributed by atoms with Crippen LogP contribution < -0.4 is 0 Å². The lowest BCUT2D eigenvalue weighted by atomic mass is 10.1. The van der Waals surface area contributed by atoms with Gasteiger partial charge in [-0.2, -0.15) is 0 Å². The number of hydrogen-bond donors (Lipinski definition) is 0. The first-order chi connectivity index (χ1) is 9.22. The molecule has 0 aliphatic heterocycles. The lowest BCUT2D eigenvalue weighted by Crippen LogP contribution is -2.13. The largest absolute Gasteiger partial charge is 0.461 e. The predicted molar refractivity (Wildman–Crippen MR) is 82.2 cm³/mol. The van der Waals surface area contributed by atoms with Crippen molar-refractivity contribution < 1.29 is 9.53 Å². The van der Waals surface area contributed by atoms with Gasteiger partial charge in [-0.15, -0.1) is 0 Å². The number of unbranched alkanes of at least 4 members (excludes halogenated alkanes) is 7. The van der Waals surface area contributed by atoms with Gasteiger partial charge in [-0.25, -0.2) is 0 Å². The number of ether oxygens (including phenoxy) is 1. The fourth-order valence-corrected chi connectivity index (χ4v) is 1.84. The topological polar surface area (TPSA) is 26.3 Å². The molecule has 112 valence electrons. The van der Waals surface area contributed by atoms with E-state index in [0.29, 0.717) is 6.61 Å². The SMILES string of the molecule is CCCCCCCCC/C=C/COC(=O)C(C)CC. The first-order valence-electron chi connectivity index (χ1n) is 8.04. The highest BCUT2D eigenvalue weighted by Gasteiger charge is 2.10. The molecule has 0 spiro atoms. The van der Waals surface area contributed by atoms with Crippen LogP contribution in [0.25, 0.3) is 0 Å². The molecule has 2 heteroatoms. The third-order valence-electron chi connectivity index (χ3n) is 3.48. The Balaban J connectivity index is 3.28. The zero-order chi connectivity index (χ0) is 14.3. The minimum absolute atomic E-state index is 0.0246. The molecule has 0 N–H and O–H groups in total. The van der Waals surface area contributed by atoms with Crippen molar-refractivity contribution in [3.63, 3.8) is 0 Å². The summed E-state index contributed by atoms with van der Waals surface area (Å²) in [6.07, 6.45) is 15.4. The van der Waals surface area contributed by atoms with Gasteiger partial charge in [0.25, 0.3) is 0 Å². The van der Waals surface area contributed by atoms with Crippen LogP contribution in [-0.4, -0.2) is 12.6 Å². The van der Waals surface area contributed by atoms with E-state index in [9.17, 15) is 4.79 Å². The lowest BCUT2D eigenvalue weighted by Gasteiger charge is -2.06. The van der Waals surface area contributed by atoms with E-state index in [2.05, 4.69) is 13.0 Å². The fraction of sp³-hybridized carbons (Fsp3) is 0.824. The van der Waals surface area contributed by atoms with Crippen LogP contribution in [0.3, 0.4) is 0 Å². The number of carbonyl (C=O) groups is 1. The van der Waals surface area contributed by atoms with Gasteiger partial charge in [-0.05, 0) is 19.3 Å². The second kappa shape index (κ2) is 13.6. The monoisotopic (exact) mass is 268 g/mol. The molecular formula is C17H32O2. The molecule has 0 saturated heterocycles. The summed E-state index contributed by atoms with van der Waals surface area (Å²) >= 11 is 0. The molecule has 0 aromatic heterocycles. The number of rotatable bonds is 12. The Hall–Kier alpha value is -0.790. The third kappa shape index (κ3) is 12.0. The lowest BCUT2D eigenvalue weighted by molar-refractivity contribution is -0.146. The molecule has 1 unspecified atom stereocenters. The first kappa shape index (κ1) is 18.2. The Morgan fingerprint density at radius 2 is 1.63 bits per heavy atom. The van der Waals surface area contributed by atoms with Crippen LogP contribution >= 0.6 is 0 Å². The molecule has 19 heavy (non-hydrogen) atoms. The number of allylic oxidation sites excluding steroid dienone is 1. The smallest absolute Gasteiger partial charge is 0.308 e. The average Bonchev–Trinajstić information content (AvgIpc) is 2.43. The van der Waals surface area contributed by atoms with Crippen LogP contribution in [0.4, 0.5) is 0 Å².